The van der Waals surface area contributed by atoms with Crippen LogP contribution in [0, 0.1) is 0 Å². The van der Waals surface area contributed by atoms with Gasteiger partial charge in [-0.2, -0.15) is 0 Å². The van der Waals surface area contributed by atoms with Gasteiger partial charge in [0, 0.05) is 44.7 Å². The summed E-state index contributed by atoms with van der Waals surface area (Å²) in [7, 11) is -3.12. The number of anilines is 1. The van der Waals surface area contributed by atoms with Crippen molar-refractivity contribution in [2.75, 3.05) is 37.3 Å². The molecule has 0 radical (unpaired) electrons. The average Bonchev–Trinajstić information content (AvgIpc) is 2.56. The first kappa shape index (κ1) is 16.0. The van der Waals surface area contributed by atoms with E-state index in [-0.39, 0.29) is 0 Å². The van der Waals surface area contributed by atoms with Gasteiger partial charge in [0.15, 0.2) is 9.84 Å². The fraction of sp³-hybridized carbons (Fsp3) is 0.333. The number of rotatable bonds is 4. The first-order valence-corrected chi connectivity index (χ1v) is 9.73. The van der Waals surface area contributed by atoms with Gasteiger partial charge in [-0.05, 0) is 29.8 Å². The second-order valence-electron chi connectivity index (χ2n) is 6.01. The van der Waals surface area contributed by atoms with Gasteiger partial charge in [0.1, 0.15) is 0 Å². The molecule has 1 aliphatic rings. The van der Waals surface area contributed by atoms with Crippen LogP contribution in [0.1, 0.15) is 5.56 Å². The number of nitrogens with zero attached hydrogens (tertiary/aromatic N) is 2. The van der Waals surface area contributed by atoms with Crippen LogP contribution in [0.15, 0.2) is 59.5 Å². The van der Waals surface area contributed by atoms with Crippen LogP contribution in [-0.4, -0.2) is 45.8 Å². The van der Waals surface area contributed by atoms with E-state index < -0.39 is 9.84 Å². The van der Waals surface area contributed by atoms with Crippen LogP contribution in [0.3, 0.4) is 0 Å². The Hall–Kier alpha value is -1.85. The zero-order chi connectivity index (χ0) is 16.3. The third kappa shape index (κ3) is 4.12. The second-order valence-corrected chi connectivity index (χ2v) is 8.03. The first-order chi connectivity index (χ1) is 11.0. The molecular formula is C18H22N2O2S. The highest BCUT2D eigenvalue weighted by molar-refractivity contribution is 7.90. The predicted octanol–water partition coefficient (Wildman–Crippen LogP) is 2.41. The Kier molecular flexibility index (Phi) is 4.68. The molecule has 0 bridgehead atoms. The quantitative estimate of drug-likeness (QED) is 0.863. The molecule has 122 valence electrons. The molecule has 0 unspecified atom stereocenters. The molecule has 0 N–H and O–H groups in total. The summed E-state index contributed by atoms with van der Waals surface area (Å²) in [6.07, 6.45) is 1.24. The van der Waals surface area contributed by atoms with Crippen LogP contribution >= 0.6 is 0 Å². The smallest absolute Gasteiger partial charge is 0.175 e. The van der Waals surface area contributed by atoms with Crippen molar-refractivity contribution < 1.29 is 8.42 Å². The van der Waals surface area contributed by atoms with E-state index in [1.54, 1.807) is 12.1 Å². The van der Waals surface area contributed by atoms with E-state index in [0.717, 1.165) is 38.4 Å². The lowest BCUT2D eigenvalue weighted by Gasteiger charge is -2.36. The summed E-state index contributed by atoms with van der Waals surface area (Å²) < 4.78 is 23.0. The van der Waals surface area contributed by atoms with Gasteiger partial charge in [-0.3, -0.25) is 4.90 Å². The molecule has 4 nitrogen and oxygen atoms in total. The first-order valence-electron chi connectivity index (χ1n) is 7.84. The summed E-state index contributed by atoms with van der Waals surface area (Å²) in [5, 5.41) is 0. The molecule has 0 atom stereocenters. The van der Waals surface area contributed by atoms with Crippen molar-refractivity contribution in [2.24, 2.45) is 0 Å². The fourth-order valence-corrected chi connectivity index (χ4v) is 3.54. The molecule has 3 rings (SSSR count). The lowest BCUT2D eigenvalue weighted by molar-refractivity contribution is 0.250. The fourth-order valence-electron chi connectivity index (χ4n) is 2.91. The summed E-state index contributed by atoms with van der Waals surface area (Å²) >= 11 is 0. The molecule has 0 saturated carbocycles. The van der Waals surface area contributed by atoms with E-state index in [2.05, 4.69) is 34.1 Å². The lowest BCUT2D eigenvalue weighted by atomic mass is 10.2. The minimum absolute atomic E-state index is 0.379. The Balaban J connectivity index is 1.58. The van der Waals surface area contributed by atoms with Crippen molar-refractivity contribution in [2.45, 2.75) is 11.4 Å². The largest absolute Gasteiger partial charge is 0.369 e. The molecular weight excluding hydrogens is 308 g/mol. The molecule has 0 amide bonds. The molecule has 1 heterocycles. The average molecular weight is 330 g/mol. The van der Waals surface area contributed by atoms with Gasteiger partial charge in [0.05, 0.1) is 4.90 Å². The highest BCUT2D eigenvalue weighted by atomic mass is 32.2. The van der Waals surface area contributed by atoms with Crippen molar-refractivity contribution >= 4 is 15.5 Å². The van der Waals surface area contributed by atoms with Gasteiger partial charge in [-0.15, -0.1) is 0 Å². The normalized spacial score (nSPS) is 16.5. The predicted molar refractivity (Wildman–Crippen MR) is 93.5 cm³/mol. The van der Waals surface area contributed by atoms with E-state index >= 15 is 0 Å². The molecule has 0 aliphatic carbocycles. The summed E-state index contributed by atoms with van der Waals surface area (Å²) in [6, 6.07) is 17.7. The minimum atomic E-state index is -3.12. The molecule has 0 spiro atoms. The van der Waals surface area contributed by atoms with E-state index in [1.165, 1.54) is 11.8 Å². The van der Waals surface area contributed by atoms with Crippen LogP contribution in [0.5, 0.6) is 0 Å². The number of sulfone groups is 1. The number of piperazine rings is 1. The van der Waals surface area contributed by atoms with E-state index in [9.17, 15) is 8.42 Å². The summed E-state index contributed by atoms with van der Waals surface area (Å²) in [5.74, 6) is 0. The number of hydrogen-bond acceptors (Lipinski definition) is 4. The Morgan fingerprint density at radius 3 is 2.04 bits per heavy atom. The van der Waals surface area contributed by atoms with Crippen LogP contribution in [0.25, 0.3) is 0 Å². The molecule has 5 heteroatoms. The Morgan fingerprint density at radius 2 is 1.48 bits per heavy atom. The van der Waals surface area contributed by atoms with E-state index in [0.29, 0.717) is 4.90 Å². The molecule has 2 aromatic carbocycles. The van der Waals surface area contributed by atoms with Crippen molar-refractivity contribution in [3.63, 3.8) is 0 Å². The summed E-state index contributed by atoms with van der Waals surface area (Å²) in [6.45, 7) is 4.95. The molecule has 1 aliphatic heterocycles. The van der Waals surface area contributed by atoms with E-state index in [4.69, 9.17) is 0 Å². The third-order valence-corrected chi connectivity index (χ3v) is 5.38. The lowest BCUT2D eigenvalue weighted by Crippen LogP contribution is -2.45. The molecule has 0 aromatic heterocycles. The Bertz CT molecular complexity index is 734. The monoisotopic (exact) mass is 330 g/mol. The van der Waals surface area contributed by atoms with Crippen molar-refractivity contribution in [3.8, 4) is 0 Å². The maximum Gasteiger partial charge on any atom is 0.175 e. The van der Waals surface area contributed by atoms with Gasteiger partial charge in [0.2, 0.25) is 0 Å². The van der Waals surface area contributed by atoms with Crippen molar-refractivity contribution in [1.82, 2.24) is 4.90 Å². The molecule has 23 heavy (non-hydrogen) atoms. The maximum absolute atomic E-state index is 11.5. The Labute approximate surface area is 138 Å². The topological polar surface area (TPSA) is 40.6 Å². The minimum Gasteiger partial charge on any atom is -0.369 e. The SMILES string of the molecule is CS(=O)(=O)c1ccc(N2CCN(Cc3ccccc3)CC2)cc1. The van der Waals surface area contributed by atoms with Gasteiger partial charge in [-0.1, -0.05) is 30.3 Å². The summed E-state index contributed by atoms with van der Waals surface area (Å²) in [5.41, 5.74) is 2.44. The van der Waals surface area contributed by atoms with Crippen LogP contribution in [0.2, 0.25) is 0 Å². The van der Waals surface area contributed by atoms with Gasteiger partial charge >= 0.3 is 0 Å². The van der Waals surface area contributed by atoms with Crippen LogP contribution in [-0.2, 0) is 16.4 Å². The molecule has 1 fully saturated rings. The van der Waals surface area contributed by atoms with Crippen molar-refractivity contribution in [3.05, 3.63) is 60.2 Å². The third-order valence-electron chi connectivity index (χ3n) is 4.25. The van der Waals surface area contributed by atoms with E-state index in [1.807, 2.05) is 18.2 Å². The van der Waals surface area contributed by atoms with Gasteiger partial charge < -0.3 is 4.90 Å². The Morgan fingerprint density at radius 1 is 0.870 bits per heavy atom. The van der Waals surface area contributed by atoms with Gasteiger partial charge in [-0.25, -0.2) is 8.42 Å². The zero-order valence-electron chi connectivity index (χ0n) is 13.4. The summed E-state index contributed by atoms with van der Waals surface area (Å²) in [4.78, 5) is 5.15. The van der Waals surface area contributed by atoms with Crippen molar-refractivity contribution in [1.29, 1.82) is 0 Å². The highest BCUT2D eigenvalue weighted by Crippen LogP contribution is 2.20. The highest BCUT2D eigenvalue weighted by Gasteiger charge is 2.17. The standard InChI is InChI=1S/C18H22N2O2S/c1-23(21,22)18-9-7-17(8-10-18)20-13-11-19(12-14-20)15-16-5-3-2-4-6-16/h2-10H,11-15H2,1H3. The van der Waals surface area contributed by atoms with Crippen LogP contribution in [0.4, 0.5) is 5.69 Å². The number of benzene rings is 2. The molecule has 1 saturated heterocycles. The zero-order valence-corrected chi connectivity index (χ0v) is 14.2. The molecule has 2 aromatic rings. The number of hydrogen-bond donors (Lipinski definition) is 0. The maximum atomic E-state index is 11.5. The van der Waals surface area contributed by atoms with Gasteiger partial charge in [0.25, 0.3) is 0 Å². The van der Waals surface area contributed by atoms with Crippen LogP contribution < -0.4 is 4.90 Å². The second kappa shape index (κ2) is 6.72.